The van der Waals surface area contributed by atoms with Crippen molar-refractivity contribution in [1.82, 2.24) is 4.72 Å². The molecule has 1 N–H and O–H groups in total. The summed E-state index contributed by atoms with van der Waals surface area (Å²) in [5.74, 6) is -0.499. The number of anilines is 1. The normalized spacial score (nSPS) is 17.2. The number of hydrogen-bond donors (Lipinski definition) is 1. The van der Waals surface area contributed by atoms with Gasteiger partial charge in [-0.05, 0) is 54.8 Å². The number of cyclic esters (lactones) is 1. The molecular formula is C19H21FN2O4S. The monoisotopic (exact) mass is 392 g/mol. The van der Waals surface area contributed by atoms with Crippen LogP contribution in [0.5, 0.6) is 0 Å². The first-order chi connectivity index (χ1) is 12.8. The van der Waals surface area contributed by atoms with E-state index >= 15 is 0 Å². The first kappa shape index (κ1) is 19.3. The lowest BCUT2D eigenvalue weighted by Crippen LogP contribution is -2.35. The van der Waals surface area contributed by atoms with Crippen molar-refractivity contribution in [3.05, 3.63) is 59.4 Å². The van der Waals surface area contributed by atoms with Crippen LogP contribution in [0, 0.1) is 12.7 Å². The molecule has 0 saturated carbocycles. The Kier molecular flexibility index (Phi) is 5.48. The molecule has 1 fully saturated rings. The maximum atomic E-state index is 13.2. The standard InChI is InChI=1S/C19H21FN2O4S/c1-3-14-4-7-16(8-5-14)22-12-17(26-19(22)23)11-21-27(24,25)18-9-6-15(20)10-13(18)2/h4-10,17,21H,3,11-12H2,1-2H3. The lowest BCUT2D eigenvalue weighted by molar-refractivity contribution is 0.143. The molecule has 2 aromatic rings. The molecule has 27 heavy (non-hydrogen) atoms. The van der Waals surface area contributed by atoms with Gasteiger partial charge in [-0.25, -0.2) is 22.3 Å². The van der Waals surface area contributed by atoms with Crippen molar-refractivity contribution < 1.29 is 22.3 Å². The van der Waals surface area contributed by atoms with Crippen molar-refractivity contribution in [3.63, 3.8) is 0 Å². The van der Waals surface area contributed by atoms with Crippen LogP contribution in [0.25, 0.3) is 0 Å². The fourth-order valence-corrected chi connectivity index (χ4v) is 4.24. The van der Waals surface area contributed by atoms with E-state index in [1.165, 1.54) is 17.9 Å². The predicted octanol–water partition coefficient (Wildman–Crippen LogP) is 3.00. The van der Waals surface area contributed by atoms with E-state index in [1.807, 2.05) is 31.2 Å². The summed E-state index contributed by atoms with van der Waals surface area (Å²) >= 11 is 0. The Morgan fingerprint density at radius 1 is 1.22 bits per heavy atom. The number of nitrogens with zero attached hydrogens (tertiary/aromatic N) is 1. The van der Waals surface area contributed by atoms with E-state index in [0.29, 0.717) is 11.3 Å². The number of sulfonamides is 1. The van der Waals surface area contributed by atoms with Gasteiger partial charge in [0, 0.05) is 12.2 Å². The van der Waals surface area contributed by atoms with Crippen molar-refractivity contribution in [1.29, 1.82) is 0 Å². The molecule has 1 amide bonds. The Bertz CT molecular complexity index is 945. The second-order valence-electron chi connectivity index (χ2n) is 6.40. The molecule has 144 valence electrons. The molecule has 1 unspecified atom stereocenters. The maximum Gasteiger partial charge on any atom is 0.414 e. The molecule has 0 radical (unpaired) electrons. The molecule has 2 aromatic carbocycles. The van der Waals surface area contributed by atoms with E-state index in [0.717, 1.165) is 24.1 Å². The van der Waals surface area contributed by atoms with Gasteiger partial charge in [-0.1, -0.05) is 19.1 Å². The van der Waals surface area contributed by atoms with Gasteiger partial charge in [-0.15, -0.1) is 0 Å². The van der Waals surface area contributed by atoms with E-state index < -0.39 is 28.0 Å². The number of rotatable bonds is 6. The Hall–Kier alpha value is -2.45. The van der Waals surface area contributed by atoms with Crippen molar-refractivity contribution >= 4 is 21.8 Å². The van der Waals surface area contributed by atoms with Crippen LogP contribution in [0.4, 0.5) is 14.9 Å². The Morgan fingerprint density at radius 2 is 1.93 bits per heavy atom. The minimum absolute atomic E-state index is 0.000217. The van der Waals surface area contributed by atoms with Crippen molar-refractivity contribution in [2.75, 3.05) is 18.0 Å². The van der Waals surface area contributed by atoms with Gasteiger partial charge in [0.15, 0.2) is 0 Å². The second-order valence-corrected chi connectivity index (χ2v) is 8.13. The molecule has 1 atom stereocenters. The number of benzene rings is 2. The van der Waals surface area contributed by atoms with Crippen LogP contribution in [0.1, 0.15) is 18.1 Å². The molecule has 1 saturated heterocycles. The highest BCUT2D eigenvalue weighted by molar-refractivity contribution is 7.89. The zero-order valence-electron chi connectivity index (χ0n) is 15.1. The molecule has 6 nitrogen and oxygen atoms in total. The summed E-state index contributed by atoms with van der Waals surface area (Å²) in [5, 5.41) is 0. The largest absolute Gasteiger partial charge is 0.443 e. The summed E-state index contributed by atoms with van der Waals surface area (Å²) in [6.45, 7) is 3.75. The van der Waals surface area contributed by atoms with Crippen molar-refractivity contribution in [2.45, 2.75) is 31.3 Å². The summed E-state index contributed by atoms with van der Waals surface area (Å²) < 4.78 is 45.8. The number of halogens is 1. The quantitative estimate of drug-likeness (QED) is 0.820. The van der Waals surface area contributed by atoms with Gasteiger partial charge in [0.25, 0.3) is 0 Å². The van der Waals surface area contributed by atoms with Crippen LogP contribution in [0.15, 0.2) is 47.4 Å². The summed E-state index contributed by atoms with van der Waals surface area (Å²) in [6, 6.07) is 11.0. The molecule has 3 rings (SSSR count). The molecule has 0 spiro atoms. The first-order valence-corrected chi connectivity index (χ1v) is 10.1. The van der Waals surface area contributed by atoms with E-state index in [2.05, 4.69) is 4.72 Å². The van der Waals surface area contributed by atoms with Crippen molar-refractivity contribution in [2.24, 2.45) is 0 Å². The van der Waals surface area contributed by atoms with E-state index in [1.54, 1.807) is 0 Å². The SMILES string of the molecule is CCc1ccc(N2CC(CNS(=O)(=O)c3ccc(F)cc3C)OC2=O)cc1. The number of hydrogen-bond acceptors (Lipinski definition) is 4. The van der Waals surface area contributed by atoms with Crippen LogP contribution < -0.4 is 9.62 Å². The van der Waals surface area contributed by atoms with Crippen LogP contribution in [-0.2, 0) is 21.2 Å². The third-order valence-electron chi connectivity index (χ3n) is 4.46. The Labute approximate surface area is 158 Å². The van der Waals surface area contributed by atoms with Crippen LogP contribution in [0.2, 0.25) is 0 Å². The summed E-state index contributed by atoms with van der Waals surface area (Å²) in [7, 11) is -3.83. The highest BCUT2D eigenvalue weighted by Gasteiger charge is 2.33. The van der Waals surface area contributed by atoms with Gasteiger partial charge in [-0.3, -0.25) is 4.90 Å². The highest BCUT2D eigenvalue weighted by atomic mass is 32.2. The number of amides is 1. The molecule has 1 aliphatic heterocycles. The smallest absolute Gasteiger partial charge is 0.414 e. The Balaban J connectivity index is 1.65. The average Bonchev–Trinajstić information content (AvgIpc) is 3.01. The van der Waals surface area contributed by atoms with Gasteiger partial charge >= 0.3 is 6.09 Å². The number of aryl methyl sites for hydroxylation is 2. The minimum atomic E-state index is -3.83. The lowest BCUT2D eigenvalue weighted by Gasteiger charge is -2.14. The van der Waals surface area contributed by atoms with Crippen LogP contribution in [-0.4, -0.2) is 33.7 Å². The first-order valence-electron chi connectivity index (χ1n) is 8.63. The van der Waals surface area contributed by atoms with E-state index in [9.17, 15) is 17.6 Å². The predicted molar refractivity (Wildman–Crippen MR) is 99.8 cm³/mol. The van der Waals surface area contributed by atoms with Gasteiger partial charge in [0.1, 0.15) is 11.9 Å². The maximum absolute atomic E-state index is 13.2. The average molecular weight is 392 g/mol. The highest BCUT2D eigenvalue weighted by Crippen LogP contribution is 2.23. The topological polar surface area (TPSA) is 75.7 Å². The minimum Gasteiger partial charge on any atom is -0.443 e. The molecule has 0 aromatic heterocycles. The van der Waals surface area contributed by atoms with Gasteiger partial charge in [-0.2, -0.15) is 0 Å². The lowest BCUT2D eigenvalue weighted by atomic mass is 10.1. The van der Waals surface area contributed by atoms with Crippen LogP contribution >= 0.6 is 0 Å². The second kappa shape index (κ2) is 7.66. The van der Waals surface area contributed by atoms with E-state index in [-0.39, 0.29) is 18.0 Å². The molecule has 0 aliphatic carbocycles. The number of ether oxygens (including phenoxy) is 1. The fourth-order valence-electron chi connectivity index (χ4n) is 2.95. The summed E-state index contributed by atoms with van der Waals surface area (Å²) in [4.78, 5) is 13.6. The van der Waals surface area contributed by atoms with Crippen molar-refractivity contribution in [3.8, 4) is 0 Å². The zero-order chi connectivity index (χ0) is 19.6. The summed E-state index contributed by atoms with van der Waals surface area (Å²) in [6.07, 6.45) is -0.224. The van der Waals surface area contributed by atoms with Gasteiger partial charge in [0.05, 0.1) is 11.4 Å². The third kappa shape index (κ3) is 4.28. The number of nitrogens with one attached hydrogen (secondary N) is 1. The molecule has 1 heterocycles. The Morgan fingerprint density at radius 3 is 2.56 bits per heavy atom. The molecule has 1 aliphatic rings. The van der Waals surface area contributed by atoms with E-state index in [4.69, 9.17) is 4.74 Å². The fraction of sp³-hybridized carbons (Fsp3) is 0.316. The molecule has 8 heteroatoms. The van der Waals surface area contributed by atoms with Gasteiger partial charge < -0.3 is 4.74 Å². The summed E-state index contributed by atoms with van der Waals surface area (Å²) in [5.41, 5.74) is 2.17. The van der Waals surface area contributed by atoms with Gasteiger partial charge in [0.2, 0.25) is 10.0 Å². The third-order valence-corrected chi connectivity index (χ3v) is 6.04. The number of carbonyl (C=O) groups is 1. The molecule has 0 bridgehead atoms. The van der Waals surface area contributed by atoms with Crippen LogP contribution in [0.3, 0.4) is 0 Å². The molecular weight excluding hydrogens is 371 g/mol. The zero-order valence-corrected chi connectivity index (χ0v) is 15.9. The number of carbonyl (C=O) groups excluding carboxylic acids is 1.